The summed E-state index contributed by atoms with van der Waals surface area (Å²) in [6, 6.07) is 9.05. The van der Waals surface area contributed by atoms with E-state index < -0.39 is 33.2 Å². The first-order chi connectivity index (χ1) is 22.5. The minimum absolute atomic E-state index is 0.0317. The van der Waals surface area contributed by atoms with Crippen LogP contribution in [0.5, 0.6) is 0 Å². The van der Waals surface area contributed by atoms with Gasteiger partial charge in [0.25, 0.3) is 11.4 Å². The molecule has 16 nitrogen and oxygen atoms in total. The molecule has 0 bridgehead atoms. The smallest absolute Gasteiger partial charge is 0.407 e. The number of aromatic amines is 2. The van der Waals surface area contributed by atoms with E-state index in [0.29, 0.717) is 45.5 Å². The molecule has 2 heterocycles. The van der Waals surface area contributed by atoms with Gasteiger partial charge in [0.1, 0.15) is 11.2 Å². The highest BCUT2D eigenvalue weighted by Crippen LogP contribution is 2.24. The summed E-state index contributed by atoms with van der Waals surface area (Å²) in [6.07, 6.45) is 0.648. The normalized spacial score (nSPS) is 11.5. The van der Waals surface area contributed by atoms with Gasteiger partial charge in [-0.1, -0.05) is 23.5 Å². The number of nitrogens with zero attached hydrogens (tertiary/aromatic N) is 4. The second kappa shape index (κ2) is 17.0. The van der Waals surface area contributed by atoms with Crippen LogP contribution in [0.1, 0.15) is 54.4 Å². The van der Waals surface area contributed by atoms with Crippen LogP contribution in [0.4, 0.5) is 21.0 Å². The molecule has 48 heavy (non-hydrogen) atoms. The zero-order valence-corrected chi connectivity index (χ0v) is 29.2. The van der Waals surface area contributed by atoms with Crippen LogP contribution in [0.15, 0.2) is 46.7 Å². The molecule has 4 aromatic rings. The molecule has 0 fully saturated rings. The minimum atomic E-state index is -0.504. The van der Waals surface area contributed by atoms with Gasteiger partial charge in [-0.05, 0) is 66.5 Å². The van der Waals surface area contributed by atoms with Crippen molar-refractivity contribution in [2.24, 2.45) is 0 Å². The van der Waals surface area contributed by atoms with Crippen molar-refractivity contribution >= 4 is 69.2 Å². The van der Waals surface area contributed by atoms with Crippen molar-refractivity contribution < 1.29 is 28.9 Å². The molecule has 18 heteroatoms. The monoisotopic (exact) mass is 704 g/mol. The molecule has 0 atom stereocenters. The molecular weight excluding hydrogens is 665 g/mol. The number of hydrogen-bond acceptors (Lipinski definition) is 12. The Balaban J connectivity index is 0.000000260. The van der Waals surface area contributed by atoms with Gasteiger partial charge >= 0.3 is 12.2 Å². The second-order valence-corrected chi connectivity index (χ2v) is 14.4. The number of ether oxygens (including phenoxy) is 2. The number of alkyl carbamates (subject to hydrolysis) is 2. The molecule has 2 aromatic heterocycles. The van der Waals surface area contributed by atoms with Crippen LogP contribution >= 0.6 is 23.5 Å². The topological polar surface area (TPSA) is 220 Å². The number of H-pyrrole nitrogens is 2. The lowest BCUT2D eigenvalue weighted by Gasteiger charge is -2.19. The molecule has 4 rings (SSSR count). The molecule has 4 N–H and O–H groups in total. The Morgan fingerprint density at radius 3 is 1.44 bits per heavy atom. The molecule has 260 valence electrons. The Morgan fingerprint density at radius 2 is 1.10 bits per heavy atom. The fourth-order valence-corrected chi connectivity index (χ4v) is 5.46. The first-order valence-electron chi connectivity index (χ1n) is 15.0. The number of rotatable bonds is 12. The van der Waals surface area contributed by atoms with E-state index in [1.807, 2.05) is 41.5 Å². The SMILES string of the molecule is CC(C)(C)OC(=O)NCCCSc1nc2ccc([N+](=O)[O-])cc2[nH]1.CC(C)(C)OC(=O)NCCCSc1nc2ccc([N+](=O)[O-])cc2[nH]1. The lowest BCUT2D eigenvalue weighted by Crippen LogP contribution is -2.33. The fourth-order valence-electron chi connectivity index (χ4n) is 3.80. The van der Waals surface area contributed by atoms with E-state index >= 15 is 0 Å². The molecule has 0 aliphatic carbocycles. The van der Waals surface area contributed by atoms with Gasteiger partial charge in [-0.15, -0.1) is 0 Å². The first-order valence-corrected chi connectivity index (χ1v) is 16.9. The van der Waals surface area contributed by atoms with E-state index in [1.54, 1.807) is 12.1 Å². The molecule has 0 saturated heterocycles. The Labute approximate surface area is 285 Å². The predicted octanol–water partition coefficient (Wildman–Crippen LogP) is 6.96. The zero-order valence-electron chi connectivity index (χ0n) is 27.6. The van der Waals surface area contributed by atoms with Crippen molar-refractivity contribution in [3.63, 3.8) is 0 Å². The van der Waals surface area contributed by atoms with Gasteiger partial charge in [0.05, 0.1) is 31.9 Å². The lowest BCUT2D eigenvalue weighted by molar-refractivity contribution is -0.384. The molecule has 0 radical (unpaired) electrons. The van der Waals surface area contributed by atoms with Crippen LogP contribution in [-0.4, -0.2) is 77.8 Å². The number of carbonyl (C=O) groups is 2. The predicted molar refractivity (Wildman–Crippen MR) is 185 cm³/mol. The van der Waals surface area contributed by atoms with E-state index in [4.69, 9.17) is 9.47 Å². The van der Waals surface area contributed by atoms with Crippen LogP contribution in [0.2, 0.25) is 0 Å². The molecule has 0 spiro atoms. The number of fused-ring (bicyclic) bond motifs is 2. The summed E-state index contributed by atoms with van der Waals surface area (Å²) < 4.78 is 10.3. The summed E-state index contributed by atoms with van der Waals surface area (Å²) in [5.41, 5.74) is 1.71. The third-order valence-corrected chi connectivity index (χ3v) is 7.68. The molecule has 2 aromatic carbocycles. The average Bonchev–Trinajstić information content (AvgIpc) is 3.57. The van der Waals surface area contributed by atoms with E-state index in [0.717, 1.165) is 24.3 Å². The van der Waals surface area contributed by atoms with Crippen LogP contribution in [-0.2, 0) is 9.47 Å². The van der Waals surface area contributed by atoms with Crippen LogP contribution in [0.3, 0.4) is 0 Å². The van der Waals surface area contributed by atoms with Gasteiger partial charge in [-0.2, -0.15) is 0 Å². The third-order valence-electron chi connectivity index (χ3n) is 5.77. The Morgan fingerprint density at radius 1 is 0.729 bits per heavy atom. The fraction of sp³-hybridized carbons (Fsp3) is 0.467. The maximum absolute atomic E-state index is 11.5. The van der Waals surface area contributed by atoms with E-state index in [2.05, 4.69) is 30.6 Å². The van der Waals surface area contributed by atoms with Crippen molar-refractivity contribution in [2.45, 2.75) is 75.9 Å². The van der Waals surface area contributed by atoms with Crippen molar-refractivity contribution in [3.05, 3.63) is 56.6 Å². The lowest BCUT2D eigenvalue weighted by atomic mass is 10.2. The number of aromatic nitrogens is 4. The number of hydrogen-bond donors (Lipinski definition) is 4. The molecule has 0 unspecified atom stereocenters. The molecule has 2 amide bonds. The van der Waals surface area contributed by atoms with Crippen molar-refractivity contribution in [3.8, 4) is 0 Å². The Kier molecular flexibility index (Phi) is 13.4. The first kappa shape index (κ1) is 37.9. The van der Waals surface area contributed by atoms with Crippen molar-refractivity contribution in [2.75, 3.05) is 24.6 Å². The van der Waals surface area contributed by atoms with Gasteiger partial charge < -0.3 is 30.1 Å². The van der Waals surface area contributed by atoms with E-state index in [1.165, 1.54) is 47.8 Å². The zero-order chi connectivity index (χ0) is 35.5. The summed E-state index contributed by atoms with van der Waals surface area (Å²) in [6.45, 7) is 11.9. The standard InChI is InChI=1S/2C15H20N4O4S/c2*1-15(2,3)23-14(20)16-7-4-8-24-13-17-11-6-5-10(19(21)22)9-12(11)18-13/h2*5-6,9H,4,7-8H2,1-3H3,(H,16,20)(H,17,18). The number of carbonyl (C=O) groups excluding carboxylic acids is 2. The highest BCUT2D eigenvalue weighted by atomic mass is 32.2. The number of imidazole rings is 2. The second-order valence-electron chi connectivity index (χ2n) is 12.3. The summed E-state index contributed by atoms with van der Waals surface area (Å²) in [7, 11) is 0. The van der Waals surface area contributed by atoms with Gasteiger partial charge in [-0.3, -0.25) is 20.2 Å². The van der Waals surface area contributed by atoms with Gasteiger partial charge in [0, 0.05) is 48.9 Å². The number of benzene rings is 2. The Bertz CT molecular complexity index is 1600. The van der Waals surface area contributed by atoms with Crippen LogP contribution in [0, 0.1) is 20.2 Å². The number of non-ortho nitro benzene ring substituents is 2. The van der Waals surface area contributed by atoms with E-state index in [9.17, 15) is 29.8 Å². The van der Waals surface area contributed by atoms with Crippen LogP contribution < -0.4 is 10.6 Å². The minimum Gasteiger partial charge on any atom is -0.444 e. The molecule has 0 aliphatic heterocycles. The largest absolute Gasteiger partial charge is 0.444 e. The van der Waals surface area contributed by atoms with Gasteiger partial charge in [-0.25, -0.2) is 19.6 Å². The van der Waals surface area contributed by atoms with Gasteiger partial charge in [0.15, 0.2) is 10.3 Å². The summed E-state index contributed by atoms with van der Waals surface area (Å²) >= 11 is 2.99. The number of nitrogens with one attached hydrogen (secondary N) is 4. The highest BCUT2D eigenvalue weighted by molar-refractivity contribution is 7.99. The number of nitro groups is 2. The summed E-state index contributed by atoms with van der Waals surface area (Å²) in [4.78, 5) is 58.5. The van der Waals surface area contributed by atoms with E-state index in [-0.39, 0.29) is 11.4 Å². The van der Waals surface area contributed by atoms with Gasteiger partial charge in [0.2, 0.25) is 0 Å². The summed E-state index contributed by atoms with van der Waals surface area (Å²) in [5.74, 6) is 1.50. The highest BCUT2D eigenvalue weighted by Gasteiger charge is 2.17. The maximum Gasteiger partial charge on any atom is 0.407 e. The number of nitro benzene ring substituents is 2. The van der Waals surface area contributed by atoms with Crippen LogP contribution in [0.25, 0.3) is 22.1 Å². The third kappa shape index (κ3) is 13.3. The quantitative estimate of drug-likeness (QED) is 0.0509. The summed E-state index contributed by atoms with van der Waals surface area (Å²) in [5, 5.41) is 28.3. The Hall–Kier alpha value is -4.58. The average molecular weight is 705 g/mol. The molecular formula is C30H40N8O8S2. The molecule has 0 saturated carbocycles. The number of thioether (sulfide) groups is 2. The van der Waals surface area contributed by atoms with Crippen molar-refractivity contribution in [1.29, 1.82) is 0 Å². The maximum atomic E-state index is 11.5. The van der Waals surface area contributed by atoms with Crippen molar-refractivity contribution in [1.82, 2.24) is 30.6 Å². The molecule has 0 aliphatic rings. The number of amides is 2.